The van der Waals surface area contributed by atoms with Gasteiger partial charge in [-0.3, -0.25) is 19.6 Å². The van der Waals surface area contributed by atoms with E-state index >= 15 is 0 Å². The van der Waals surface area contributed by atoms with Crippen LogP contribution in [0.2, 0.25) is 10.0 Å². The van der Waals surface area contributed by atoms with Gasteiger partial charge in [0.05, 0.1) is 31.8 Å². The Bertz CT molecular complexity index is 957. The van der Waals surface area contributed by atoms with Crippen LogP contribution in [0.3, 0.4) is 0 Å². The third-order valence-electron chi connectivity index (χ3n) is 3.19. The van der Waals surface area contributed by atoms with Crippen LogP contribution in [0.15, 0.2) is 41.3 Å². The molecular weight excluding hydrogens is 363 g/mol. The van der Waals surface area contributed by atoms with E-state index < -0.39 is 21.8 Å². The third kappa shape index (κ3) is 2.90. The van der Waals surface area contributed by atoms with Gasteiger partial charge in [0, 0.05) is 0 Å². The molecule has 1 aliphatic rings. The Labute approximate surface area is 141 Å². The number of hydrogen-bond donors (Lipinski definition) is 2. The number of fused-ring (bicyclic) bond motifs is 1. The highest BCUT2D eigenvalue weighted by atomic mass is 35.5. The quantitative estimate of drug-likeness (QED) is 0.812. The number of nitrogens with one attached hydrogen (secondary N) is 2. The van der Waals surface area contributed by atoms with Crippen LogP contribution in [-0.2, 0) is 10.0 Å². The van der Waals surface area contributed by atoms with Crippen LogP contribution in [0.5, 0.6) is 0 Å². The Morgan fingerprint density at radius 2 is 1.57 bits per heavy atom. The largest absolute Gasteiger partial charge is 0.288 e. The molecule has 0 saturated heterocycles. The molecule has 0 atom stereocenters. The van der Waals surface area contributed by atoms with Gasteiger partial charge in [0.25, 0.3) is 21.8 Å². The van der Waals surface area contributed by atoms with Gasteiger partial charge < -0.3 is 0 Å². The van der Waals surface area contributed by atoms with Crippen LogP contribution in [0.1, 0.15) is 20.7 Å². The minimum Gasteiger partial charge on any atom is -0.288 e. The van der Waals surface area contributed by atoms with Gasteiger partial charge in [0.1, 0.15) is 0 Å². The lowest BCUT2D eigenvalue weighted by Crippen LogP contribution is -2.19. The smallest absolute Gasteiger partial charge is 0.261 e. The number of halogens is 2. The summed E-state index contributed by atoms with van der Waals surface area (Å²) in [6, 6.07) is 7.96. The first-order valence-corrected chi connectivity index (χ1v) is 8.49. The number of amides is 2. The predicted octanol–water partition coefficient (Wildman–Crippen LogP) is 2.68. The summed E-state index contributed by atoms with van der Waals surface area (Å²) in [5, 5.41) is 2.59. The molecule has 0 bridgehead atoms. The Kier molecular flexibility index (Phi) is 3.79. The monoisotopic (exact) mass is 370 g/mol. The van der Waals surface area contributed by atoms with Gasteiger partial charge in [0.15, 0.2) is 0 Å². The summed E-state index contributed by atoms with van der Waals surface area (Å²) in [6.07, 6.45) is 0. The molecule has 3 rings (SSSR count). The molecule has 0 aromatic heterocycles. The Morgan fingerprint density at radius 1 is 0.870 bits per heavy atom. The minimum atomic E-state index is -3.95. The Hall–Kier alpha value is -2.09. The van der Waals surface area contributed by atoms with Gasteiger partial charge in [-0.1, -0.05) is 23.2 Å². The zero-order valence-electron chi connectivity index (χ0n) is 11.3. The lowest BCUT2D eigenvalue weighted by Gasteiger charge is -2.09. The van der Waals surface area contributed by atoms with E-state index in [1.807, 2.05) is 0 Å². The van der Waals surface area contributed by atoms with E-state index in [9.17, 15) is 18.0 Å². The van der Waals surface area contributed by atoms with Crippen molar-refractivity contribution in [3.8, 4) is 0 Å². The van der Waals surface area contributed by atoms with E-state index in [0.717, 1.165) is 6.07 Å². The van der Waals surface area contributed by atoms with Gasteiger partial charge in [-0.2, -0.15) is 0 Å². The van der Waals surface area contributed by atoms with Crippen molar-refractivity contribution >= 4 is 50.7 Å². The van der Waals surface area contributed by atoms with Crippen LogP contribution < -0.4 is 10.0 Å². The maximum absolute atomic E-state index is 12.4. The van der Waals surface area contributed by atoms with E-state index in [1.165, 1.54) is 30.3 Å². The molecule has 9 heteroatoms. The summed E-state index contributed by atoms with van der Waals surface area (Å²) < 4.78 is 27.1. The van der Waals surface area contributed by atoms with Gasteiger partial charge in [-0.25, -0.2) is 8.42 Å². The van der Waals surface area contributed by atoms with Crippen molar-refractivity contribution in [2.45, 2.75) is 4.90 Å². The maximum atomic E-state index is 12.4. The number of carbonyl (C=O) groups is 2. The molecule has 2 amide bonds. The maximum Gasteiger partial charge on any atom is 0.261 e. The highest BCUT2D eigenvalue weighted by Gasteiger charge is 2.28. The average Bonchev–Trinajstić information content (AvgIpc) is 2.77. The number of carbonyl (C=O) groups excluding carboxylic acids is 2. The number of hydrogen-bond acceptors (Lipinski definition) is 4. The minimum absolute atomic E-state index is 0.0204. The highest BCUT2D eigenvalue weighted by Crippen LogP contribution is 2.27. The first-order chi connectivity index (χ1) is 10.8. The van der Waals surface area contributed by atoms with Crippen molar-refractivity contribution in [2.75, 3.05) is 4.72 Å². The van der Waals surface area contributed by atoms with Crippen molar-refractivity contribution < 1.29 is 18.0 Å². The molecule has 0 unspecified atom stereocenters. The Morgan fingerprint density at radius 3 is 2.26 bits per heavy atom. The van der Waals surface area contributed by atoms with Gasteiger partial charge in [-0.15, -0.1) is 0 Å². The fourth-order valence-electron chi connectivity index (χ4n) is 2.09. The zero-order chi connectivity index (χ0) is 16.8. The second-order valence-corrected chi connectivity index (χ2v) is 7.22. The lowest BCUT2D eigenvalue weighted by molar-refractivity contribution is 0.0879. The molecule has 0 fully saturated rings. The molecular formula is C14H8Cl2N2O4S. The van der Waals surface area contributed by atoms with Gasteiger partial charge >= 0.3 is 0 Å². The first-order valence-electron chi connectivity index (χ1n) is 6.25. The number of rotatable bonds is 3. The summed E-state index contributed by atoms with van der Waals surface area (Å²) >= 11 is 11.6. The first kappa shape index (κ1) is 15.8. The number of anilines is 1. The lowest BCUT2D eigenvalue weighted by atomic mass is 10.1. The fourth-order valence-corrected chi connectivity index (χ4v) is 3.46. The van der Waals surface area contributed by atoms with E-state index in [0.29, 0.717) is 5.02 Å². The molecule has 2 aromatic rings. The normalized spacial score (nSPS) is 13.7. The average molecular weight is 371 g/mol. The van der Waals surface area contributed by atoms with E-state index in [-0.39, 0.29) is 26.7 Å². The molecule has 2 aromatic carbocycles. The SMILES string of the molecule is O=C1NC(=O)c2cc(S(=O)(=O)Nc3ccc(Cl)c(Cl)c3)ccc21. The van der Waals surface area contributed by atoms with Gasteiger partial charge in [0.2, 0.25) is 0 Å². The van der Waals surface area contributed by atoms with Crippen LogP contribution in [0.4, 0.5) is 5.69 Å². The molecule has 0 spiro atoms. The van der Waals surface area contributed by atoms with Crippen molar-refractivity contribution in [1.29, 1.82) is 0 Å². The second-order valence-electron chi connectivity index (χ2n) is 4.73. The molecule has 6 nitrogen and oxygen atoms in total. The molecule has 0 saturated carbocycles. The van der Waals surface area contributed by atoms with Gasteiger partial charge in [-0.05, 0) is 36.4 Å². The summed E-state index contributed by atoms with van der Waals surface area (Å²) in [5.41, 5.74) is 0.385. The molecule has 0 radical (unpaired) electrons. The standard InChI is InChI=1S/C14H8Cl2N2O4S/c15-11-4-1-7(5-12(11)16)18-23(21,22)8-2-3-9-10(6-8)14(20)17-13(9)19/h1-6,18H,(H,17,19,20). The molecule has 118 valence electrons. The predicted molar refractivity (Wildman–Crippen MR) is 85.5 cm³/mol. The van der Waals surface area contributed by atoms with Crippen LogP contribution >= 0.6 is 23.2 Å². The molecule has 23 heavy (non-hydrogen) atoms. The molecule has 1 aliphatic heterocycles. The van der Waals surface area contributed by atoms with E-state index in [2.05, 4.69) is 10.0 Å². The van der Waals surface area contributed by atoms with Crippen molar-refractivity contribution in [1.82, 2.24) is 5.32 Å². The summed E-state index contributed by atoms with van der Waals surface area (Å²) in [7, 11) is -3.95. The van der Waals surface area contributed by atoms with E-state index in [4.69, 9.17) is 23.2 Å². The summed E-state index contributed by atoms with van der Waals surface area (Å²) in [5.74, 6) is -1.18. The van der Waals surface area contributed by atoms with Crippen molar-refractivity contribution in [3.05, 3.63) is 57.6 Å². The highest BCUT2D eigenvalue weighted by molar-refractivity contribution is 7.92. The summed E-state index contributed by atoms with van der Waals surface area (Å²) in [6.45, 7) is 0. The molecule has 0 aliphatic carbocycles. The number of imide groups is 1. The fraction of sp³-hybridized carbons (Fsp3) is 0. The third-order valence-corrected chi connectivity index (χ3v) is 5.31. The van der Waals surface area contributed by atoms with Crippen molar-refractivity contribution in [2.24, 2.45) is 0 Å². The Balaban J connectivity index is 1.97. The van der Waals surface area contributed by atoms with Crippen LogP contribution in [0.25, 0.3) is 0 Å². The molecule has 2 N–H and O–H groups in total. The molecule has 1 heterocycles. The summed E-state index contributed by atoms with van der Waals surface area (Å²) in [4.78, 5) is 22.9. The van der Waals surface area contributed by atoms with E-state index in [1.54, 1.807) is 0 Å². The van der Waals surface area contributed by atoms with Crippen LogP contribution in [0, 0.1) is 0 Å². The van der Waals surface area contributed by atoms with Crippen LogP contribution in [-0.4, -0.2) is 20.2 Å². The van der Waals surface area contributed by atoms with Crippen molar-refractivity contribution in [3.63, 3.8) is 0 Å². The number of sulfonamides is 1. The topological polar surface area (TPSA) is 92.3 Å². The number of benzene rings is 2. The zero-order valence-corrected chi connectivity index (χ0v) is 13.6. The second kappa shape index (κ2) is 5.52.